The van der Waals surface area contributed by atoms with E-state index in [9.17, 15) is 4.79 Å². The third kappa shape index (κ3) is 1.49. The Balaban J connectivity index is 2.68. The number of carbonyl (C=O) groups excluding carboxylic acids is 1. The fourth-order valence-corrected chi connectivity index (χ4v) is 1.54. The molecule has 1 N–H and O–H groups in total. The van der Waals surface area contributed by atoms with Gasteiger partial charge in [0.25, 0.3) is 0 Å². The largest absolute Gasteiger partial charge is 0.351 e. The van der Waals surface area contributed by atoms with Crippen molar-refractivity contribution in [2.45, 2.75) is 6.92 Å². The third-order valence-corrected chi connectivity index (χ3v) is 2.28. The fraction of sp³-hybridized carbons (Fsp3) is 0.111. The van der Waals surface area contributed by atoms with Crippen LogP contribution in [0.5, 0.6) is 0 Å². The molecule has 0 saturated heterocycles. The maximum absolute atomic E-state index is 11.0. The van der Waals surface area contributed by atoms with Gasteiger partial charge in [0.2, 0.25) is 0 Å². The molecule has 3 nitrogen and oxygen atoms in total. The number of hydrogen-bond donors (Lipinski definition) is 1. The van der Waals surface area contributed by atoms with Crippen molar-refractivity contribution in [3.63, 3.8) is 0 Å². The first kappa shape index (κ1) is 8.44. The Morgan fingerprint density at radius 2 is 2.31 bits per heavy atom. The van der Waals surface area contributed by atoms with Gasteiger partial charge in [-0.05, 0) is 28.1 Å². The molecule has 2 heterocycles. The molecule has 0 spiro atoms. The van der Waals surface area contributed by atoms with Crippen molar-refractivity contribution >= 4 is 32.6 Å². The Morgan fingerprint density at radius 3 is 3.00 bits per heavy atom. The van der Waals surface area contributed by atoms with E-state index in [2.05, 4.69) is 25.9 Å². The van der Waals surface area contributed by atoms with Gasteiger partial charge in [-0.25, -0.2) is 4.98 Å². The van der Waals surface area contributed by atoms with Crippen LogP contribution in [0, 0.1) is 0 Å². The molecule has 0 aromatic carbocycles. The number of nitrogens with zero attached hydrogens (tertiary/aromatic N) is 1. The quantitative estimate of drug-likeness (QED) is 0.613. The summed E-state index contributed by atoms with van der Waals surface area (Å²) in [6, 6.07) is 3.70. The minimum atomic E-state index is 0.0346. The Kier molecular flexibility index (Phi) is 1.92. The van der Waals surface area contributed by atoms with Gasteiger partial charge in [0.1, 0.15) is 4.60 Å². The summed E-state index contributed by atoms with van der Waals surface area (Å²) in [7, 11) is 0. The number of pyridine rings is 1. The summed E-state index contributed by atoms with van der Waals surface area (Å²) < 4.78 is 0.772. The number of ketones is 1. The molecule has 0 radical (unpaired) electrons. The molecular weight excluding hydrogens is 232 g/mol. The summed E-state index contributed by atoms with van der Waals surface area (Å²) in [5.74, 6) is 0.0346. The summed E-state index contributed by atoms with van der Waals surface area (Å²) >= 11 is 3.27. The number of halogens is 1. The number of carbonyl (C=O) groups is 1. The second-order valence-corrected chi connectivity index (χ2v) is 3.65. The zero-order chi connectivity index (χ0) is 9.42. The average Bonchev–Trinajstić information content (AvgIpc) is 2.46. The number of nitrogens with one attached hydrogen (secondary N) is 1. The predicted molar refractivity (Wildman–Crippen MR) is 53.8 cm³/mol. The van der Waals surface area contributed by atoms with Crippen molar-refractivity contribution in [2.75, 3.05) is 0 Å². The van der Waals surface area contributed by atoms with E-state index in [1.165, 1.54) is 6.92 Å². The monoisotopic (exact) mass is 238 g/mol. The molecule has 0 bridgehead atoms. The van der Waals surface area contributed by atoms with E-state index in [0.29, 0.717) is 5.69 Å². The van der Waals surface area contributed by atoms with E-state index >= 15 is 0 Å². The highest BCUT2D eigenvalue weighted by Crippen LogP contribution is 2.18. The van der Waals surface area contributed by atoms with Crippen LogP contribution in [0.2, 0.25) is 0 Å². The van der Waals surface area contributed by atoms with E-state index in [4.69, 9.17) is 0 Å². The SMILES string of the molecule is CC(=O)c1cc2cc(Br)ncc2[nH]1. The highest BCUT2D eigenvalue weighted by atomic mass is 79.9. The zero-order valence-electron chi connectivity index (χ0n) is 6.97. The number of rotatable bonds is 1. The number of fused-ring (bicyclic) bond motifs is 1. The summed E-state index contributed by atoms with van der Waals surface area (Å²) in [6.45, 7) is 1.53. The van der Waals surface area contributed by atoms with Crippen molar-refractivity contribution in [2.24, 2.45) is 0 Å². The first-order valence-electron chi connectivity index (χ1n) is 3.82. The van der Waals surface area contributed by atoms with Crippen LogP contribution in [0.25, 0.3) is 10.9 Å². The highest BCUT2D eigenvalue weighted by Gasteiger charge is 2.04. The first-order chi connectivity index (χ1) is 6.16. The standard InChI is InChI=1S/C9H7BrN2O/c1-5(13)7-2-6-3-9(10)11-4-8(6)12-7/h2-4,12H,1H3. The van der Waals surface area contributed by atoms with Gasteiger partial charge in [-0.3, -0.25) is 4.79 Å². The van der Waals surface area contributed by atoms with Crippen LogP contribution in [0.4, 0.5) is 0 Å². The number of Topliss-reactive ketones (excluding diaryl/α,β-unsaturated/α-hetero) is 1. The third-order valence-electron chi connectivity index (χ3n) is 1.85. The van der Waals surface area contributed by atoms with Crippen molar-refractivity contribution in [3.8, 4) is 0 Å². The van der Waals surface area contributed by atoms with E-state index in [1.807, 2.05) is 12.1 Å². The molecule has 0 unspecified atom stereocenters. The van der Waals surface area contributed by atoms with Gasteiger partial charge < -0.3 is 4.98 Å². The van der Waals surface area contributed by atoms with E-state index in [0.717, 1.165) is 15.5 Å². The van der Waals surface area contributed by atoms with E-state index in [-0.39, 0.29) is 5.78 Å². The Hall–Kier alpha value is -1.16. The van der Waals surface area contributed by atoms with E-state index < -0.39 is 0 Å². The molecule has 4 heteroatoms. The zero-order valence-corrected chi connectivity index (χ0v) is 8.55. The number of aromatic amines is 1. The summed E-state index contributed by atoms with van der Waals surface area (Å²) in [6.07, 6.45) is 1.70. The molecule has 2 aromatic rings. The lowest BCUT2D eigenvalue weighted by Gasteiger charge is -1.88. The molecule has 0 atom stereocenters. The molecule has 2 rings (SSSR count). The second kappa shape index (κ2) is 2.96. The van der Waals surface area contributed by atoms with E-state index in [1.54, 1.807) is 6.20 Å². The number of H-pyrrole nitrogens is 1. The second-order valence-electron chi connectivity index (χ2n) is 2.83. The number of aromatic nitrogens is 2. The lowest BCUT2D eigenvalue weighted by atomic mass is 10.3. The lowest BCUT2D eigenvalue weighted by molar-refractivity contribution is 0.101. The molecule has 2 aromatic heterocycles. The summed E-state index contributed by atoms with van der Waals surface area (Å²) in [5, 5.41) is 0.993. The van der Waals surface area contributed by atoms with Gasteiger partial charge in [-0.1, -0.05) is 0 Å². The molecular formula is C9H7BrN2O. The first-order valence-corrected chi connectivity index (χ1v) is 4.61. The van der Waals surface area contributed by atoms with Crippen LogP contribution in [0.15, 0.2) is 22.9 Å². The van der Waals surface area contributed by atoms with Gasteiger partial charge >= 0.3 is 0 Å². The van der Waals surface area contributed by atoms with Gasteiger partial charge in [0.15, 0.2) is 5.78 Å². The molecule has 0 amide bonds. The van der Waals surface area contributed by atoms with Gasteiger partial charge in [0, 0.05) is 12.3 Å². The fourth-order valence-electron chi connectivity index (χ4n) is 1.19. The van der Waals surface area contributed by atoms with Crippen molar-refractivity contribution < 1.29 is 4.79 Å². The van der Waals surface area contributed by atoms with Crippen LogP contribution < -0.4 is 0 Å². The smallest absolute Gasteiger partial charge is 0.175 e. The Morgan fingerprint density at radius 1 is 1.54 bits per heavy atom. The maximum atomic E-state index is 11.0. The van der Waals surface area contributed by atoms with Crippen LogP contribution in [-0.2, 0) is 0 Å². The minimum Gasteiger partial charge on any atom is -0.351 e. The van der Waals surface area contributed by atoms with Crippen molar-refractivity contribution in [1.29, 1.82) is 0 Å². The Bertz CT molecular complexity index is 475. The lowest BCUT2D eigenvalue weighted by Crippen LogP contribution is -1.89. The van der Waals surface area contributed by atoms with Crippen LogP contribution in [-0.4, -0.2) is 15.8 Å². The molecule has 0 aliphatic rings. The van der Waals surface area contributed by atoms with Crippen molar-refractivity contribution in [3.05, 3.63) is 28.6 Å². The topological polar surface area (TPSA) is 45.8 Å². The van der Waals surface area contributed by atoms with Gasteiger partial charge in [-0.2, -0.15) is 0 Å². The summed E-state index contributed by atoms with van der Waals surface area (Å²) in [5.41, 5.74) is 1.50. The molecule has 66 valence electrons. The normalized spacial score (nSPS) is 10.6. The molecule has 13 heavy (non-hydrogen) atoms. The molecule has 0 aliphatic heterocycles. The van der Waals surface area contributed by atoms with Crippen LogP contribution >= 0.6 is 15.9 Å². The van der Waals surface area contributed by atoms with Crippen molar-refractivity contribution in [1.82, 2.24) is 9.97 Å². The summed E-state index contributed by atoms with van der Waals surface area (Å²) in [4.78, 5) is 18.1. The highest BCUT2D eigenvalue weighted by molar-refractivity contribution is 9.10. The number of hydrogen-bond acceptors (Lipinski definition) is 2. The molecule has 0 aliphatic carbocycles. The molecule has 0 saturated carbocycles. The predicted octanol–water partition coefficient (Wildman–Crippen LogP) is 2.53. The van der Waals surface area contributed by atoms with Gasteiger partial charge in [0.05, 0.1) is 17.4 Å². The van der Waals surface area contributed by atoms with Gasteiger partial charge in [-0.15, -0.1) is 0 Å². The Labute approximate surface area is 83.3 Å². The average molecular weight is 239 g/mol. The van der Waals surface area contributed by atoms with Crippen LogP contribution in [0.3, 0.4) is 0 Å². The molecule has 0 fully saturated rings. The van der Waals surface area contributed by atoms with Crippen LogP contribution in [0.1, 0.15) is 17.4 Å². The minimum absolute atomic E-state index is 0.0346. The maximum Gasteiger partial charge on any atom is 0.175 e.